The van der Waals surface area contributed by atoms with Crippen molar-refractivity contribution in [3.05, 3.63) is 34.9 Å². The van der Waals surface area contributed by atoms with E-state index in [1.165, 1.54) is 50.9 Å². The fourth-order valence-corrected chi connectivity index (χ4v) is 3.27. The molecular formula is C17H27ClN2. The van der Waals surface area contributed by atoms with Crippen molar-refractivity contribution in [2.45, 2.75) is 51.6 Å². The highest BCUT2D eigenvalue weighted by molar-refractivity contribution is 6.31. The molecule has 1 N–H and O–H groups in total. The van der Waals surface area contributed by atoms with Crippen LogP contribution in [0.5, 0.6) is 0 Å². The largest absolute Gasteiger partial charge is 0.307 e. The van der Waals surface area contributed by atoms with Gasteiger partial charge < -0.3 is 10.2 Å². The monoisotopic (exact) mass is 294 g/mol. The molecule has 0 amide bonds. The summed E-state index contributed by atoms with van der Waals surface area (Å²) >= 11 is 6.27. The molecule has 0 spiro atoms. The Morgan fingerprint density at radius 2 is 2.00 bits per heavy atom. The van der Waals surface area contributed by atoms with E-state index in [-0.39, 0.29) is 0 Å². The van der Waals surface area contributed by atoms with Crippen molar-refractivity contribution in [2.24, 2.45) is 0 Å². The molecule has 1 aromatic carbocycles. The Bertz CT molecular complexity index is 400. The zero-order valence-electron chi connectivity index (χ0n) is 12.7. The summed E-state index contributed by atoms with van der Waals surface area (Å²) in [6.07, 6.45) is 5.12. The number of piperidine rings is 1. The van der Waals surface area contributed by atoms with Gasteiger partial charge in [-0.15, -0.1) is 0 Å². The standard InChI is InChI=1S/C17H27ClN2/c1-3-4-11-20-12-9-15(10-13-20)19-14(2)16-7-5-6-8-17(16)18/h5-8,14-15,19H,3-4,9-13H2,1-2H3. The second kappa shape index (κ2) is 8.02. The fourth-order valence-electron chi connectivity index (χ4n) is 2.97. The minimum atomic E-state index is 0.330. The lowest BCUT2D eigenvalue weighted by Gasteiger charge is -2.34. The maximum atomic E-state index is 6.27. The SMILES string of the molecule is CCCCN1CCC(NC(C)c2ccccc2Cl)CC1. The summed E-state index contributed by atoms with van der Waals surface area (Å²) in [5, 5.41) is 4.61. The van der Waals surface area contributed by atoms with Crippen molar-refractivity contribution in [3.63, 3.8) is 0 Å². The van der Waals surface area contributed by atoms with Gasteiger partial charge in [0.1, 0.15) is 0 Å². The van der Waals surface area contributed by atoms with Crippen LogP contribution in [0, 0.1) is 0 Å². The van der Waals surface area contributed by atoms with Crippen LogP contribution in [0.4, 0.5) is 0 Å². The van der Waals surface area contributed by atoms with E-state index in [4.69, 9.17) is 11.6 Å². The van der Waals surface area contributed by atoms with Gasteiger partial charge in [-0.3, -0.25) is 0 Å². The van der Waals surface area contributed by atoms with E-state index in [0.29, 0.717) is 12.1 Å². The summed E-state index contributed by atoms with van der Waals surface area (Å²) < 4.78 is 0. The van der Waals surface area contributed by atoms with Gasteiger partial charge in [-0.25, -0.2) is 0 Å². The number of hydrogen-bond donors (Lipinski definition) is 1. The first-order chi connectivity index (χ1) is 9.70. The Hall–Kier alpha value is -0.570. The van der Waals surface area contributed by atoms with Crippen molar-refractivity contribution in [3.8, 4) is 0 Å². The van der Waals surface area contributed by atoms with Crippen LogP contribution in [0.2, 0.25) is 5.02 Å². The number of rotatable bonds is 6. The third kappa shape index (κ3) is 4.47. The van der Waals surface area contributed by atoms with Crippen LogP contribution >= 0.6 is 11.6 Å². The number of likely N-dealkylation sites (tertiary alicyclic amines) is 1. The molecule has 0 aliphatic carbocycles. The number of unbranched alkanes of at least 4 members (excludes halogenated alkanes) is 1. The van der Waals surface area contributed by atoms with Crippen LogP contribution in [0.15, 0.2) is 24.3 Å². The van der Waals surface area contributed by atoms with Crippen LogP contribution in [0.25, 0.3) is 0 Å². The van der Waals surface area contributed by atoms with Crippen LogP contribution in [0.3, 0.4) is 0 Å². The second-order valence-corrected chi connectivity index (χ2v) is 6.29. The van der Waals surface area contributed by atoms with E-state index in [1.54, 1.807) is 0 Å². The third-order valence-corrected chi connectivity index (χ3v) is 4.62. The van der Waals surface area contributed by atoms with Gasteiger partial charge in [0.15, 0.2) is 0 Å². The highest BCUT2D eigenvalue weighted by atomic mass is 35.5. The minimum absolute atomic E-state index is 0.330. The molecule has 1 heterocycles. The molecule has 0 saturated carbocycles. The Kier molecular flexibility index (Phi) is 6.34. The summed E-state index contributed by atoms with van der Waals surface area (Å²) in [5.74, 6) is 0. The van der Waals surface area contributed by atoms with Gasteiger partial charge in [0, 0.05) is 17.1 Å². The second-order valence-electron chi connectivity index (χ2n) is 5.88. The molecule has 2 nitrogen and oxygen atoms in total. The molecule has 1 aliphatic heterocycles. The first-order valence-corrected chi connectivity index (χ1v) is 8.31. The molecule has 1 aromatic rings. The summed E-state index contributed by atoms with van der Waals surface area (Å²) in [5.41, 5.74) is 1.21. The molecule has 2 rings (SSSR count). The molecule has 1 fully saturated rings. The first kappa shape index (κ1) is 15.8. The minimum Gasteiger partial charge on any atom is -0.307 e. The first-order valence-electron chi connectivity index (χ1n) is 7.93. The van der Waals surface area contributed by atoms with Gasteiger partial charge in [-0.05, 0) is 57.5 Å². The van der Waals surface area contributed by atoms with Crippen LogP contribution in [-0.4, -0.2) is 30.6 Å². The summed E-state index contributed by atoms with van der Waals surface area (Å²) in [6.45, 7) is 8.20. The number of hydrogen-bond acceptors (Lipinski definition) is 2. The van der Waals surface area contributed by atoms with Gasteiger partial charge in [0.05, 0.1) is 0 Å². The summed E-state index contributed by atoms with van der Waals surface area (Å²) in [7, 11) is 0. The Labute approximate surface area is 128 Å². The Morgan fingerprint density at radius 3 is 2.65 bits per heavy atom. The van der Waals surface area contributed by atoms with Crippen LogP contribution in [0.1, 0.15) is 51.1 Å². The highest BCUT2D eigenvalue weighted by Crippen LogP contribution is 2.24. The molecule has 0 radical (unpaired) electrons. The van der Waals surface area contributed by atoms with Gasteiger partial charge in [0.25, 0.3) is 0 Å². The summed E-state index contributed by atoms with van der Waals surface area (Å²) in [6, 6.07) is 9.10. The van der Waals surface area contributed by atoms with E-state index in [2.05, 4.69) is 36.2 Å². The predicted octanol–water partition coefficient (Wildman–Crippen LogP) is 4.26. The lowest BCUT2D eigenvalue weighted by Crippen LogP contribution is -2.43. The molecule has 1 saturated heterocycles. The topological polar surface area (TPSA) is 15.3 Å². The van der Waals surface area contributed by atoms with E-state index in [9.17, 15) is 0 Å². The van der Waals surface area contributed by atoms with Crippen molar-refractivity contribution < 1.29 is 0 Å². The van der Waals surface area contributed by atoms with Crippen molar-refractivity contribution in [1.29, 1.82) is 0 Å². The van der Waals surface area contributed by atoms with Gasteiger partial charge in [-0.2, -0.15) is 0 Å². The number of halogens is 1. The summed E-state index contributed by atoms with van der Waals surface area (Å²) in [4.78, 5) is 2.60. The lowest BCUT2D eigenvalue weighted by atomic mass is 10.0. The third-order valence-electron chi connectivity index (χ3n) is 4.27. The molecule has 112 valence electrons. The van der Waals surface area contributed by atoms with Crippen LogP contribution < -0.4 is 5.32 Å². The molecule has 1 aliphatic rings. The number of benzene rings is 1. The Morgan fingerprint density at radius 1 is 1.30 bits per heavy atom. The van der Waals surface area contributed by atoms with E-state index in [1.807, 2.05) is 12.1 Å². The van der Waals surface area contributed by atoms with Gasteiger partial charge >= 0.3 is 0 Å². The maximum Gasteiger partial charge on any atom is 0.0453 e. The van der Waals surface area contributed by atoms with Crippen molar-refractivity contribution in [1.82, 2.24) is 10.2 Å². The van der Waals surface area contributed by atoms with Crippen molar-refractivity contribution >= 4 is 11.6 Å². The Balaban J connectivity index is 1.79. The molecule has 1 unspecified atom stereocenters. The van der Waals surface area contributed by atoms with Gasteiger partial charge in [-0.1, -0.05) is 43.1 Å². The molecule has 0 bridgehead atoms. The zero-order valence-corrected chi connectivity index (χ0v) is 13.5. The van der Waals surface area contributed by atoms with Crippen LogP contribution in [-0.2, 0) is 0 Å². The molecule has 1 atom stereocenters. The van der Waals surface area contributed by atoms with E-state index in [0.717, 1.165) is 5.02 Å². The zero-order chi connectivity index (χ0) is 14.4. The van der Waals surface area contributed by atoms with E-state index >= 15 is 0 Å². The fraction of sp³-hybridized carbons (Fsp3) is 0.647. The number of nitrogens with zero attached hydrogens (tertiary/aromatic N) is 1. The van der Waals surface area contributed by atoms with Gasteiger partial charge in [0.2, 0.25) is 0 Å². The normalized spacial score (nSPS) is 19.1. The van der Waals surface area contributed by atoms with E-state index < -0.39 is 0 Å². The smallest absolute Gasteiger partial charge is 0.0453 e. The highest BCUT2D eigenvalue weighted by Gasteiger charge is 2.20. The average molecular weight is 295 g/mol. The molecule has 20 heavy (non-hydrogen) atoms. The lowest BCUT2D eigenvalue weighted by molar-refractivity contribution is 0.190. The molecular weight excluding hydrogens is 268 g/mol. The maximum absolute atomic E-state index is 6.27. The number of nitrogens with one attached hydrogen (secondary N) is 1. The van der Waals surface area contributed by atoms with Crippen molar-refractivity contribution in [2.75, 3.05) is 19.6 Å². The average Bonchev–Trinajstić information content (AvgIpc) is 2.47. The predicted molar refractivity (Wildman–Crippen MR) is 87.4 cm³/mol. The quantitative estimate of drug-likeness (QED) is 0.843. The molecule has 3 heteroatoms. The molecule has 0 aromatic heterocycles.